The summed E-state index contributed by atoms with van der Waals surface area (Å²) >= 11 is 4.81. The van der Waals surface area contributed by atoms with Crippen LogP contribution in [0.25, 0.3) is 0 Å². The van der Waals surface area contributed by atoms with Gasteiger partial charge in [-0.05, 0) is 36.2 Å². The zero-order valence-corrected chi connectivity index (χ0v) is 9.13. The molecule has 0 aromatic heterocycles. The fourth-order valence-corrected chi connectivity index (χ4v) is 2.20. The van der Waals surface area contributed by atoms with Crippen LogP contribution in [0.15, 0.2) is 24.3 Å². The van der Waals surface area contributed by atoms with Gasteiger partial charge in [-0.1, -0.05) is 24.3 Å². The molecule has 2 rings (SSSR count). The van der Waals surface area contributed by atoms with Gasteiger partial charge < -0.3 is 16.2 Å². The van der Waals surface area contributed by atoms with Crippen molar-refractivity contribution in [2.45, 2.75) is 25.0 Å². The molecule has 1 aromatic rings. The van der Waals surface area contributed by atoms with Gasteiger partial charge in [0.1, 0.15) is 0 Å². The van der Waals surface area contributed by atoms with E-state index in [2.05, 4.69) is 11.4 Å². The van der Waals surface area contributed by atoms with Crippen LogP contribution in [0.4, 0.5) is 0 Å². The summed E-state index contributed by atoms with van der Waals surface area (Å²) in [6.07, 6.45) is 1.24. The van der Waals surface area contributed by atoms with Crippen LogP contribution >= 0.6 is 12.2 Å². The second kappa shape index (κ2) is 4.16. The first-order valence-corrected chi connectivity index (χ1v) is 5.41. The zero-order chi connectivity index (χ0) is 10.8. The fourth-order valence-electron chi connectivity index (χ4n) is 2.07. The van der Waals surface area contributed by atoms with Crippen molar-refractivity contribution in [2.24, 2.45) is 5.73 Å². The molecule has 0 aliphatic heterocycles. The Labute approximate surface area is 94.3 Å². The summed E-state index contributed by atoms with van der Waals surface area (Å²) in [5, 5.41) is 13.1. The van der Waals surface area contributed by atoms with Gasteiger partial charge in [-0.2, -0.15) is 0 Å². The summed E-state index contributed by atoms with van der Waals surface area (Å²) in [7, 11) is 0. The topological polar surface area (TPSA) is 58.3 Å². The maximum atomic E-state index is 9.89. The molecule has 80 valence electrons. The van der Waals surface area contributed by atoms with Crippen molar-refractivity contribution in [3.8, 4) is 0 Å². The number of fused-ring (bicyclic) bond motifs is 1. The van der Waals surface area contributed by atoms with E-state index < -0.39 is 6.10 Å². The van der Waals surface area contributed by atoms with Crippen molar-refractivity contribution in [3.63, 3.8) is 0 Å². The molecule has 0 spiro atoms. The lowest BCUT2D eigenvalue weighted by atomic mass is 9.86. The van der Waals surface area contributed by atoms with Crippen LogP contribution in [-0.2, 0) is 6.42 Å². The smallest absolute Gasteiger partial charge is 0.164 e. The summed E-state index contributed by atoms with van der Waals surface area (Å²) in [5.41, 5.74) is 7.81. The van der Waals surface area contributed by atoms with Crippen LogP contribution < -0.4 is 11.1 Å². The Morgan fingerprint density at radius 2 is 2.20 bits per heavy atom. The molecule has 0 radical (unpaired) electrons. The summed E-state index contributed by atoms with van der Waals surface area (Å²) in [5.74, 6) is 0. The van der Waals surface area contributed by atoms with Gasteiger partial charge in [0.15, 0.2) is 5.11 Å². The van der Waals surface area contributed by atoms with Gasteiger partial charge in [-0.25, -0.2) is 0 Å². The Morgan fingerprint density at radius 3 is 2.93 bits per heavy atom. The fraction of sp³-hybridized carbons (Fsp3) is 0.364. The molecule has 3 nitrogen and oxygen atoms in total. The zero-order valence-electron chi connectivity index (χ0n) is 8.31. The van der Waals surface area contributed by atoms with Gasteiger partial charge in [0.25, 0.3) is 0 Å². The molecule has 1 aliphatic carbocycles. The molecule has 0 unspecified atom stereocenters. The molecule has 4 heteroatoms. The highest BCUT2D eigenvalue weighted by Gasteiger charge is 2.27. The van der Waals surface area contributed by atoms with Gasteiger partial charge >= 0.3 is 0 Å². The highest BCUT2D eigenvalue weighted by atomic mass is 32.1. The minimum atomic E-state index is -0.415. The second-order valence-corrected chi connectivity index (χ2v) is 4.23. The largest absolute Gasteiger partial charge is 0.391 e. The first-order valence-electron chi connectivity index (χ1n) is 5.00. The van der Waals surface area contributed by atoms with Crippen molar-refractivity contribution in [3.05, 3.63) is 35.4 Å². The van der Waals surface area contributed by atoms with E-state index >= 15 is 0 Å². The molecule has 0 heterocycles. The minimum absolute atomic E-state index is 0.160. The van der Waals surface area contributed by atoms with Gasteiger partial charge in [0.2, 0.25) is 0 Å². The molecular formula is C11H14N2OS. The van der Waals surface area contributed by atoms with E-state index in [1.165, 1.54) is 5.56 Å². The highest BCUT2D eigenvalue weighted by Crippen LogP contribution is 2.29. The standard InChI is InChI=1S/C11H14N2OS/c12-11(15)13-10-8-4-2-1-3-7(8)5-6-9(10)14/h1-4,9-10,14H,5-6H2,(H3,12,13,15)/t9-,10-/m0/s1. The second-order valence-electron chi connectivity index (χ2n) is 3.79. The summed E-state index contributed by atoms with van der Waals surface area (Å²) < 4.78 is 0. The number of thiocarbonyl (C=S) groups is 1. The monoisotopic (exact) mass is 222 g/mol. The van der Waals surface area contributed by atoms with Crippen molar-refractivity contribution in [2.75, 3.05) is 0 Å². The average molecular weight is 222 g/mol. The third-order valence-corrected chi connectivity index (χ3v) is 2.90. The Kier molecular flexibility index (Phi) is 2.88. The molecule has 1 aliphatic rings. The SMILES string of the molecule is NC(=S)N[C@H]1c2ccccc2CC[C@@H]1O. The molecule has 0 amide bonds. The third kappa shape index (κ3) is 2.11. The van der Waals surface area contributed by atoms with E-state index in [9.17, 15) is 5.11 Å². The van der Waals surface area contributed by atoms with Crippen LogP contribution in [0.2, 0.25) is 0 Å². The van der Waals surface area contributed by atoms with Gasteiger partial charge in [-0.3, -0.25) is 0 Å². The summed E-state index contributed by atoms with van der Waals surface area (Å²) in [6, 6.07) is 7.90. The van der Waals surface area contributed by atoms with Crippen LogP contribution in [0.1, 0.15) is 23.6 Å². The molecule has 0 bridgehead atoms. The van der Waals surface area contributed by atoms with Gasteiger partial charge in [0.05, 0.1) is 12.1 Å². The van der Waals surface area contributed by atoms with Gasteiger partial charge in [-0.15, -0.1) is 0 Å². The maximum absolute atomic E-state index is 9.89. The Hall–Kier alpha value is -1.13. The van der Waals surface area contributed by atoms with E-state index in [0.717, 1.165) is 18.4 Å². The first-order chi connectivity index (χ1) is 7.18. The number of aryl methyl sites for hydroxylation is 1. The van der Waals surface area contributed by atoms with E-state index in [4.69, 9.17) is 18.0 Å². The van der Waals surface area contributed by atoms with Crippen molar-refractivity contribution in [1.82, 2.24) is 5.32 Å². The number of hydrogen-bond acceptors (Lipinski definition) is 2. The lowest BCUT2D eigenvalue weighted by molar-refractivity contribution is 0.120. The van der Waals surface area contributed by atoms with E-state index in [1.54, 1.807) is 0 Å². The van der Waals surface area contributed by atoms with E-state index in [-0.39, 0.29) is 11.2 Å². The van der Waals surface area contributed by atoms with Gasteiger partial charge in [0, 0.05) is 0 Å². The number of nitrogens with two attached hydrogens (primary N) is 1. The third-order valence-electron chi connectivity index (χ3n) is 2.78. The van der Waals surface area contributed by atoms with Crippen molar-refractivity contribution >= 4 is 17.3 Å². The lowest BCUT2D eigenvalue weighted by Crippen LogP contribution is -2.41. The number of nitrogens with one attached hydrogen (secondary N) is 1. The number of benzene rings is 1. The number of hydrogen-bond donors (Lipinski definition) is 3. The number of aliphatic hydroxyl groups excluding tert-OH is 1. The molecule has 1 aromatic carbocycles. The summed E-state index contributed by atoms with van der Waals surface area (Å²) in [6.45, 7) is 0. The quantitative estimate of drug-likeness (QED) is 0.617. The maximum Gasteiger partial charge on any atom is 0.164 e. The molecule has 2 atom stereocenters. The molecule has 15 heavy (non-hydrogen) atoms. The Balaban J connectivity index is 2.32. The van der Waals surface area contributed by atoms with Crippen LogP contribution in [0.3, 0.4) is 0 Å². The Bertz CT molecular complexity index is 381. The molecule has 0 fully saturated rings. The Morgan fingerprint density at radius 1 is 1.47 bits per heavy atom. The normalized spacial score (nSPS) is 24.3. The van der Waals surface area contributed by atoms with E-state index in [0.29, 0.717) is 0 Å². The van der Waals surface area contributed by atoms with Crippen LogP contribution in [0, 0.1) is 0 Å². The molecule has 0 saturated carbocycles. The minimum Gasteiger partial charge on any atom is -0.391 e. The van der Waals surface area contributed by atoms with Crippen molar-refractivity contribution < 1.29 is 5.11 Å². The van der Waals surface area contributed by atoms with E-state index in [1.807, 2.05) is 18.2 Å². The predicted molar refractivity (Wildman–Crippen MR) is 63.4 cm³/mol. The number of rotatable bonds is 1. The number of aliphatic hydroxyl groups is 1. The molecular weight excluding hydrogens is 208 g/mol. The van der Waals surface area contributed by atoms with Crippen molar-refractivity contribution in [1.29, 1.82) is 0 Å². The average Bonchev–Trinajstić information content (AvgIpc) is 2.22. The first kappa shape index (κ1) is 10.4. The lowest BCUT2D eigenvalue weighted by Gasteiger charge is -2.31. The molecule has 4 N–H and O–H groups in total. The predicted octanol–water partition coefficient (Wildman–Crippen LogP) is 0.868. The highest BCUT2D eigenvalue weighted by molar-refractivity contribution is 7.80. The van der Waals surface area contributed by atoms with Crippen LogP contribution in [0.5, 0.6) is 0 Å². The summed E-state index contributed by atoms with van der Waals surface area (Å²) in [4.78, 5) is 0. The van der Waals surface area contributed by atoms with Crippen LogP contribution in [-0.4, -0.2) is 16.3 Å². The molecule has 0 saturated heterocycles.